The predicted octanol–water partition coefficient (Wildman–Crippen LogP) is 3.12. The van der Waals surface area contributed by atoms with Crippen LogP contribution in [0.4, 0.5) is 10.5 Å². The minimum absolute atomic E-state index is 0.235. The molecule has 0 spiro atoms. The molecule has 5 nitrogen and oxygen atoms in total. The van der Waals surface area contributed by atoms with E-state index in [1.54, 1.807) is 12.0 Å². The third-order valence-electron chi connectivity index (χ3n) is 3.30. The van der Waals surface area contributed by atoms with Gasteiger partial charge in [0.15, 0.2) is 0 Å². The Morgan fingerprint density at radius 2 is 1.95 bits per heavy atom. The smallest absolute Gasteiger partial charge is 0.410 e. The molecule has 1 fully saturated rings. The molecule has 1 aliphatic heterocycles. The molecule has 0 aromatic heterocycles. The predicted molar refractivity (Wildman–Crippen MR) is 82.8 cm³/mol. The molecule has 1 aromatic carbocycles. The fourth-order valence-electron chi connectivity index (χ4n) is 2.29. The minimum atomic E-state index is -0.446. The molecule has 0 radical (unpaired) electrons. The summed E-state index contributed by atoms with van der Waals surface area (Å²) in [4.78, 5) is 13.8. The second kappa shape index (κ2) is 6.24. The average Bonchev–Trinajstić information content (AvgIpc) is 2.86. The van der Waals surface area contributed by atoms with Gasteiger partial charge in [-0.1, -0.05) is 0 Å². The number of nitrogens with zero attached hydrogens (tertiary/aromatic N) is 1. The lowest BCUT2D eigenvalue weighted by molar-refractivity contribution is 0.0293. The van der Waals surface area contributed by atoms with Gasteiger partial charge in [-0.05, 0) is 51.5 Å². The molecule has 0 saturated carbocycles. The van der Waals surface area contributed by atoms with Crippen molar-refractivity contribution < 1.29 is 14.3 Å². The molecular formula is C16H24N2O3. The van der Waals surface area contributed by atoms with Crippen LogP contribution in [-0.4, -0.2) is 42.8 Å². The zero-order valence-corrected chi connectivity index (χ0v) is 13.2. The number of methoxy groups -OCH3 is 1. The van der Waals surface area contributed by atoms with Crippen LogP contribution in [0.3, 0.4) is 0 Å². The summed E-state index contributed by atoms with van der Waals surface area (Å²) in [7, 11) is 1.65. The third kappa shape index (κ3) is 4.55. The molecule has 1 saturated heterocycles. The molecule has 5 heteroatoms. The Morgan fingerprint density at radius 3 is 2.52 bits per heavy atom. The summed E-state index contributed by atoms with van der Waals surface area (Å²) in [5.74, 6) is 0.836. The summed E-state index contributed by atoms with van der Waals surface area (Å²) in [6.07, 6.45) is 0.687. The van der Waals surface area contributed by atoms with Crippen molar-refractivity contribution in [3.05, 3.63) is 24.3 Å². The van der Waals surface area contributed by atoms with E-state index < -0.39 is 5.60 Å². The monoisotopic (exact) mass is 292 g/mol. The van der Waals surface area contributed by atoms with Crippen LogP contribution in [0.1, 0.15) is 27.2 Å². The molecule has 1 aromatic rings. The number of rotatable bonds is 3. The highest BCUT2D eigenvalue weighted by atomic mass is 16.6. The molecule has 2 rings (SSSR count). The van der Waals surface area contributed by atoms with Gasteiger partial charge >= 0.3 is 6.09 Å². The van der Waals surface area contributed by atoms with Crippen molar-refractivity contribution in [3.63, 3.8) is 0 Å². The van der Waals surface area contributed by atoms with E-state index in [1.807, 2.05) is 45.0 Å². The normalized spacial score (nSPS) is 18.5. The van der Waals surface area contributed by atoms with Crippen LogP contribution in [0.15, 0.2) is 24.3 Å². The van der Waals surface area contributed by atoms with E-state index >= 15 is 0 Å². The Balaban J connectivity index is 1.86. The SMILES string of the molecule is COc1ccc(NC2CCN(C(=O)OC(C)(C)C)C2)cc1. The summed E-state index contributed by atoms with van der Waals surface area (Å²) >= 11 is 0. The van der Waals surface area contributed by atoms with Gasteiger partial charge < -0.3 is 19.7 Å². The van der Waals surface area contributed by atoms with Crippen molar-refractivity contribution in [2.75, 3.05) is 25.5 Å². The van der Waals surface area contributed by atoms with E-state index in [-0.39, 0.29) is 12.1 Å². The zero-order chi connectivity index (χ0) is 15.5. The molecule has 1 N–H and O–H groups in total. The van der Waals surface area contributed by atoms with E-state index in [0.29, 0.717) is 6.54 Å². The van der Waals surface area contributed by atoms with Gasteiger partial charge in [-0.3, -0.25) is 0 Å². The first-order chi connectivity index (χ1) is 9.87. The lowest BCUT2D eigenvalue weighted by Crippen LogP contribution is -2.36. The van der Waals surface area contributed by atoms with Crippen molar-refractivity contribution in [2.45, 2.75) is 38.8 Å². The van der Waals surface area contributed by atoms with Crippen molar-refractivity contribution in [1.29, 1.82) is 0 Å². The zero-order valence-electron chi connectivity index (χ0n) is 13.2. The Kier molecular flexibility index (Phi) is 4.60. The lowest BCUT2D eigenvalue weighted by Gasteiger charge is -2.24. The molecular weight excluding hydrogens is 268 g/mol. The number of amides is 1. The van der Waals surface area contributed by atoms with Crippen LogP contribution in [0.2, 0.25) is 0 Å². The van der Waals surface area contributed by atoms with Gasteiger partial charge in [0.05, 0.1) is 7.11 Å². The number of likely N-dealkylation sites (tertiary alicyclic amines) is 1. The molecule has 1 aliphatic rings. The molecule has 0 aliphatic carbocycles. The number of hydrogen-bond acceptors (Lipinski definition) is 4. The van der Waals surface area contributed by atoms with Gasteiger partial charge in [0, 0.05) is 24.8 Å². The maximum absolute atomic E-state index is 12.0. The van der Waals surface area contributed by atoms with Crippen molar-refractivity contribution in [2.24, 2.45) is 0 Å². The highest BCUT2D eigenvalue weighted by molar-refractivity contribution is 5.68. The highest BCUT2D eigenvalue weighted by Gasteiger charge is 2.29. The van der Waals surface area contributed by atoms with Crippen LogP contribution >= 0.6 is 0 Å². The number of anilines is 1. The number of carbonyl (C=O) groups excluding carboxylic acids is 1. The number of hydrogen-bond donors (Lipinski definition) is 1. The van der Waals surface area contributed by atoms with Crippen LogP contribution in [0, 0.1) is 0 Å². The molecule has 116 valence electrons. The highest BCUT2D eigenvalue weighted by Crippen LogP contribution is 2.20. The quantitative estimate of drug-likeness (QED) is 0.930. The fourth-order valence-corrected chi connectivity index (χ4v) is 2.29. The molecule has 1 amide bonds. The average molecular weight is 292 g/mol. The molecule has 0 bridgehead atoms. The molecule has 1 unspecified atom stereocenters. The van der Waals surface area contributed by atoms with E-state index in [1.165, 1.54) is 0 Å². The minimum Gasteiger partial charge on any atom is -0.497 e. The molecule has 1 heterocycles. The topological polar surface area (TPSA) is 50.8 Å². The third-order valence-corrected chi connectivity index (χ3v) is 3.30. The number of carbonyl (C=O) groups is 1. The maximum Gasteiger partial charge on any atom is 0.410 e. The summed E-state index contributed by atoms with van der Waals surface area (Å²) in [5, 5.41) is 3.43. The standard InChI is InChI=1S/C16H24N2O3/c1-16(2,3)21-15(19)18-10-9-13(11-18)17-12-5-7-14(20-4)8-6-12/h5-8,13,17H,9-11H2,1-4H3. The largest absolute Gasteiger partial charge is 0.497 e. The first kappa shape index (κ1) is 15.5. The first-order valence-electron chi connectivity index (χ1n) is 7.26. The van der Waals surface area contributed by atoms with Crippen molar-refractivity contribution in [1.82, 2.24) is 4.90 Å². The van der Waals surface area contributed by atoms with Crippen molar-refractivity contribution >= 4 is 11.8 Å². The van der Waals surface area contributed by atoms with E-state index in [2.05, 4.69) is 5.32 Å². The van der Waals surface area contributed by atoms with Gasteiger partial charge in [-0.2, -0.15) is 0 Å². The fraction of sp³-hybridized carbons (Fsp3) is 0.562. The van der Waals surface area contributed by atoms with Gasteiger partial charge in [0.25, 0.3) is 0 Å². The Morgan fingerprint density at radius 1 is 1.29 bits per heavy atom. The molecule has 21 heavy (non-hydrogen) atoms. The summed E-state index contributed by atoms with van der Waals surface area (Å²) in [5.41, 5.74) is 0.588. The maximum atomic E-state index is 12.0. The van der Waals surface area contributed by atoms with E-state index in [0.717, 1.165) is 24.4 Å². The Hall–Kier alpha value is -1.91. The summed E-state index contributed by atoms with van der Waals surface area (Å²) < 4.78 is 10.5. The van der Waals surface area contributed by atoms with Crippen LogP contribution < -0.4 is 10.1 Å². The number of benzene rings is 1. The van der Waals surface area contributed by atoms with E-state index in [9.17, 15) is 4.79 Å². The van der Waals surface area contributed by atoms with E-state index in [4.69, 9.17) is 9.47 Å². The summed E-state index contributed by atoms with van der Waals surface area (Å²) in [6, 6.07) is 8.06. The Labute approximate surface area is 126 Å². The van der Waals surface area contributed by atoms with Crippen molar-refractivity contribution in [3.8, 4) is 5.75 Å². The van der Waals surface area contributed by atoms with Gasteiger partial charge in [-0.15, -0.1) is 0 Å². The van der Waals surface area contributed by atoms with Gasteiger partial charge in [0.2, 0.25) is 0 Å². The second-order valence-electron chi connectivity index (χ2n) is 6.28. The van der Waals surface area contributed by atoms with Gasteiger partial charge in [0.1, 0.15) is 11.4 Å². The summed E-state index contributed by atoms with van der Waals surface area (Å²) in [6.45, 7) is 7.04. The van der Waals surface area contributed by atoms with Crippen LogP contribution in [0.5, 0.6) is 5.75 Å². The first-order valence-corrected chi connectivity index (χ1v) is 7.26. The van der Waals surface area contributed by atoms with Crippen LogP contribution in [-0.2, 0) is 4.74 Å². The number of ether oxygens (including phenoxy) is 2. The number of nitrogens with one attached hydrogen (secondary N) is 1. The second-order valence-corrected chi connectivity index (χ2v) is 6.28. The molecule has 1 atom stereocenters. The Bertz CT molecular complexity index is 479. The van der Waals surface area contributed by atoms with Gasteiger partial charge in [-0.25, -0.2) is 4.79 Å². The lowest BCUT2D eigenvalue weighted by atomic mass is 10.2. The van der Waals surface area contributed by atoms with Crippen LogP contribution in [0.25, 0.3) is 0 Å².